The highest BCUT2D eigenvalue weighted by Crippen LogP contribution is 2.42. The summed E-state index contributed by atoms with van der Waals surface area (Å²) in [5.41, 5.74) is 0.370. The van der Waals surface area contributed by atoms with Crippen LogP contribution in [0.25, 0.3) is 22.0 Å². The van der Waals surface area contributed by atoms with Crippen molar-refractivity contribution in [3.05, 3.63) is 59.3 Å². The van der Waals surface area contributed by atoms with Crippen molar-refractivity contribution in [2.24, 2.45) is 0 Å². The molecule has 0 bridgehead atoms. The Morgan fingerprint density at radius 3 is 2.41 bits per heavy atom. The lowest BCUT2D eigenvalue weighted by Gasteiger charge is -2.37. The number of benzene rings is 2. The number of aromatic amines is 1. The fourth-order valence-electron chi connectivity index (χ4n) is 4.12. The Balaban J connectivity index is 1.62. The third-order valence-electron chi connectivity index (χ3n) is 5.87. The molecule has 2 heterocycles. The molecular formula is C21H17F2N3O3. The zero-order valence-corrected chi connectivity index (χ0v) is 15.2. The highest BCUT2D eigenvalue weighted by Gasteiger charge is 2.36. The minimum absolute atomic E-state index is 0.0467. The fraction of sp³-hybridized carbons (Fsp3) is 0.238. The molecule has 3 amide bonds. The minimum atomic E-state index is -1.06. The fourth-order valence-corrected chi connectivity index (χ4v) is 4.12. The SMILES string of the molecule is O=C1NC(=O)C(c2c[nH]c3cc(F)c(-c4ccc(C5(O)CCC5)cc4)c(F)c23)N1. The summed E-state index contributed by atoms with van der Waals surface area (Å²) in [5.74, 6) is -2.17. The van der Waals surface area contributed by atoms with Crippen molar-refractivity contribution >= 4 is 22.8 Å². The quantitative estimate of drug-likeness (QED) is 0.511. The number of hydrogen-bond acceptors (Lipinski definition) is 3. The number of fused-ring (bicyclic) bond motifs is 1. The van der Waals surface area contributed by atoms with Crippen LogP contribution in [0.5, 0.6) is 0 Å². The monoisotopic (exact) mass is 397 g/mol. The standard InChI is InChI=1S/C21H17F2N3O3/c22-13-8-14-16(12(9-24-14)18-19(27)26-20(28)25-18)17(23)15(13)10-2-4-11(5-3-10)21(29)6-1-7-21/h2-5,8-9,18,24,29H,1,6-7H2,(H2,25,26,27,28). The largest absolute Gasteiger partial charge is 0.385 e. The molecular weight excluding hydrogens is 380 g/mol. The molecule has 1 unspecified atom stereocenters. The third-order valence-corrected chi connectivity index (χ3v) is 5.87. The normalized spacial score (nSPS) is 20.4. The maximum Gasteiger partial charge on any atom is 0.322 e. The molecule has 1 saturated heterocycles. The molecule has 5 rings (SSSR count). The first-order chi connectivity index (χ1) is 13.9. The van der Waals surface area contributed by atoms with Gasteiger partial charge in [-0.1, -0.05) is 24.3 Å². The summed E-state index contributed by atoms with van der Waals surface area (Å²) in [6, 6.07) is 5.96. The molecule has 8 heteroatoms. The lowest BCUT2D eigenvalue weighted by atomic mass is 9.75. The van der Waals surface area contributed by atoms with Crippen LogP contribution in [0.4, 0.5) is 13.6 Å². The number of aliphatic hydroxyl groups is 1. The van der Waals surface area contributed by atoms with Gasteiger partial charge < -0.3 is 15.4 Å². The van der Waals surface area contributed by atoms with Gasteiger partial charge in [-0.15, -0.1) is 0 Å². The number of imide groups is 1. The van der Waals surface area contributed by atoms with E-state index in [1.165, 1.54) is 12.3 Å². The van der Waals surface area contributed by atoms with Gasteiger partial charge in [0, 0.05) is 17.1 Å². The predicted octanol–water partition coefficient (Wildman–Crippen LogP) is 3.37. The van der Waals surface area contributed by atoms with Gasteiger partial charge in [-0.05, 0) is 36.5 Å². The summed E-state index contributed by atoms with van der Waals surface area (Å²) in [7, 11) is 0. The van der Waals surface area contributed by atoms with Crippen LogP contribution in [0.2, 0.25) is 0 Å². The Morgan fingerprint density at radius 1 is 1.10 bits per heavy atom. The summed E-state index contributed by atoms with van der Waals surface area (Å²) in [4.78, 5) is 26.2. The van der Waals surface area contributed by atoms with Crippen molar-refractivity contribution in [2.75, 3.05) is 0 Å². The van der Waals surface area contributed by atoms with Crippen molar-refractivity contribution in [1.82, 2.24) is 15.6 Å². The van der Waals surface area contributed by atoms with Crippen molar-refractivity contribution in [3.63, 3.8) is 0 Å². The van der Waals surface area contributed by atoms with E-state index in [1.807, 2.05) is 0 Å². The van der Waals surface area contributed by atoms with Crippen LogP contribution in [0.1, 0.15) is 36.4 Å². The average molecular weight is 397 g/mol. The van der Waals surface area contributed by atoms with Crippen LogP contribution in [-0.4, -0.2) is 22.0 Å². The third kappa shape index (κ3) is 2.63. The van der Waals surface area contributed by atoms with Gasteiger partial charge >= 0.3 is 6.03 Å². The van der Waals surface area contributed by atoms with Crippen LogP contribution in [0, 0.1) is 11.6 Å². The van der Waals surface area contributed by atoms with E-state index in [0.29, 0.717) is 18.4 Å². The number of amides is 3. The van der Waals surface area contributed by atoms with E-state index in [1.54, 1.807) is 24.3 Å². The summed E-state index contributed by atoms with van der Waals surface area (Å²) in [6.45, 7) is 0. The molecule has 6 nitrogen and oxygen atoms in total. The summed E-state index contributed by atoms with van der Waals surface area (Å²) < 4.78 is 30.2. The van der Waals surface area contributed by atoms with Gasteiger partial charge in [0.25, 0.3) is 5.91 Å². The smallest absolute Gasteiger partial charge is 0.322 e. The van der Waals surface area contributed by atoms with Gasteiger partial charge in [-0.3, -0.25) is 10.1 Å². The Labute approximate surface area is 163 Å². The van der Waals surface area contributed by atoms with Crippen molar-refractivity contribution in [1.29, 1.82) is 0 Å². The van der Waals surface area contributed by atoms with Crippen molar-refractivity contribution in [2.45, 2.75) is 30.9 Å². The molecule has 2 aromatic carbocycles. The number of H-pyrrole nitrogens is 1. The zero-order valence-electron chi connectivity index (χ0n) is 15.2. The molecule has 0 spiro atoms. The second-order valence-electron chi connectivity index (χ2n) is 7.57. The van der Waals surface area contributed by atoms with Gasteiger partial charge in [-0.25, -0.2) is 13.6 Å². The molecule has 1 aliphatic carbocycles. The highest BCUT2D eigenvalue weighted by atomic mass is 19.1. The highest BCUT2D eigenvalue weighted by molar-refractivity contribution is 6.06. The molecule has 29 heavy (non-hydrogen) atoms. The second-order valence-corrected chi connectivity index (χ2v) is 7.57. The maximum absolute atomic E-state index is 15.4. The van der Waals surface area contributed by atoms with Gasteiger partial charge in [0.05, 0.1) is 16.7 Å². The predicted molar refractivity (Wildman–Crippen MR) is 101 cm³/mol. The molecule has 2 fully saturated rings. The molecule has 0 radical (unpaired) electrons. The zero-order chi connectivity index (χ0) is 20.3. The number of aromatic nitrogens is 1. The molecule has 4 N–H and O–H groups in total. The van der Waals surface area contributed by atoms with E-state index >= 15 is 4.39 Å². The number of nitrogens with one attached hydrogen (secondary N) is 3. The first kappa shape index (κ1) is 17.8. The van der Waals surface area contributed by atoms with Crippen LogP contribution in [-0.2, 0) is 10.4 Å². The first-order valence-corrected chi connectivity index (χ1v) is 9.31. The van der Waals surface area contributed by atoms with Crippen LogP contribution < -0.4 is 10.6 Å². The molecule has 1 aromatic heterocycles. The van der Waals surface area contributed by atoms with E-state index in [0.717, 1.165) is 12.0 Å². The minimum Gasteiger partial charge on any atom is -0.385 e. The molecule has 1 atom stereocenters. The number of halogens is 2. The van der Waals surface area contributed by atoms with E-state index in [4.69, 9.17) is 0 Å². The number of carbonyl (C=O) groups excluding carboxylic acids is 2. The van der Waals surface area contributed by atoms with Gasteiger partial charge in [0.2, 0.25) is 0 Å². The number of hydrogen-bond donors (Lipinski definition) is 4. The molecule has 3 aromatic rings. The van der Waals surface area contributed by atoms with Crippen molar-refractivity contribution in [3.8, 4) is 11.1 Å². The summed E-state index contributed by atoms with van der Waals surface area (Å²) >= 11 is 0. The van der Waals surface area contributed by atoms with Crippen LogP contribution in [0.15, 0.2) is 36.5 Å². The lowest BCUT2D eigenvalue weighted by molar-refractivity contribution is -0.120. The van der Waals surface area contributed by atoms with Crippen LogP contribution in [0.3, 0.4) is 0 Å². The summed E-state index contributed by atoms with van der Waals surface area (Å²) in [5, 5.41) is 15.0. The Kier molecular flexibility index (Phi) is 3.76. The topological polar surface area (TPSA) is 94.2 Å². The molecule has 148 valence electrons. The first-order valence-electron chi connectivity index (χ1n) is 9.31. The van der Waals surface area contributed by atoms with E-state index in [2.05, 4.69) is 15.6 Å². The van der Waals surface area contributed by atoms with Gasteiger partial charge in [-0.2, -0.15) is 0 Å². The number of urea groups is 1. The van der Waals surface area contributed by atoms with Crippen molar-refractivity contribution < 1.29 is 23.5 Å². The number of rotatable bonds is 3. The number of carbonyl (C=O) groups is 2. The molecule has 1 aliphatic heterocycles. The maximum atomic E-state index is 15.4. The molecule has 2 aliphatic rings. The Bertz CT molecular complexity index is 1170. The molecule has 1 saturated carbocycles. The summed E-state index contributed by atoms with van der Waals surface area (Å²) in [6.07, 6.45) is 3.67. The van der Waals surface area contributed by atoms with E-state index in [-0.39, 0.29) is 22.0 Å². The Morgan fingerprint density at radius 2 is 1.83 bits per heavy atom. The van der Waals surface area contributed by atoms with Gasteiger partial charge in [0.1, 0.15) is 17.7 Å². The Hall–Kier alpha value is -3.26. The van der Waals surface area contributed by atoms with E-state index < -0.39 is 35.2 Å². The van der Waals surface area contributed by atoms with Crippen LogP contribution >= 0.6 is 0 Å². The average Bonchev–Trinajstić information content (AvgIpc) is 3.22. The second kappa shape index (κ2) is 6.12. The lowest BCUT2D eigenvalue weighted by Crippen LogP contribution is -2.33. The van der Waals surface area contributed by atoms with E-state index in [9.17, 15) is 19.1 Å². The van der Waals surface area contributed by atoms with Gasteiger partial charge in [0.15, 0.2) is 0 Å².